The summed E-state index contributed by atoms with van der Waals surface area (Å²) in [7, 11) is 0. The summed E-state index contributed by atoms with van der Waals surface area (Å²) in [6.07, 6.45) is -1.52. The van der Waals surface area contributed by atoms with Crippen LogP contribution >= 0.6 is 23.2 Å². The maximum atomic E-state index is 14.0. The van der Waals surface area contributed by atoms with Crippen molar-refractivity contribution in [2.45, 2.75) is 38.7 Å². The summed E-state index contributed by atoms with van der Waals surface area (Å²) in [4.78, 5) is 25.4. The summed E-state index contributed by atoms with van der Waals surface area (Å²) in [5.41, 5.74) is -0.483. The Hall–Kier alpha value is -1.60. The molecular formula is C17H20Cl2F2N2O3. The lowest BCUT2D eigenvalue weighted by Crippen LogP contribution is -2.53. The molecule has 1 atom stereocenters. The normalized spacial score (nSPS) is 19.8. The van der Waals surface area contributed by atoms with Crippen molar-refractivity contribution in [3.63, 3.8) is 0 Å². The van der Waals surface area contributed by atoms with Gasteiger partial charge in [0.1, 0.15) is 5.60 Å². The van der Waals surface area contributed by atoms with Crippen LogP contribution in [-0.2, 0) is 9.53 Å². The second kappa shape index (κ2) is 7.56. The van der Waals surface area contributed by atoms with Gasteiger partial charge in [0, 0.05) is 18.7 Å². The Kier molecular flexibility index (Phi) is 6.02. The number of likely N-dealkylation sites (tertiary alicyclic amines) is 1. The van der Waals surface area contributed by atoms with Gasteiger partial charge in [0.25, 0.3) is 5.92 Å². The zero-order chi connectivity index (χ0) is 19.7. The van der Waals surface area contributed by atoms with Gasteiger partial charge in [0.2, 0.25) is 5.91 Å². The van der Waals surface area contributed by atoms with Crippen molar-refractivity contribution in [3.05, 3.63) is 28.2 Å². The second-order valence-electron chi connectivity index (χ2n) is 7.24. The highest BCUT2D eigenvalue weighted by Crippen LogP contribution is 2.32. The molecule has 1 aromatic carbocycles. The number of piperidine rings is 1. The summed E-state index contributed by atoms with van der Waals surface area (Å²) in [6.45, 7) is 3.99. The number of nitrogens with zero attached hydrogens (tertiary/aromatic N) is 1. The monoisotopic (exact) mass is 408 g/mol. The molecule has 0 aromatic heterocycles. The minimum Gasteiger partial charge on any atom is -0.444 e. The predicted molar refractivity (Wildman–Crippen MR) is 96.0 cm³/mol. The number of halogens is 4. The quantitative estimate of drug-likeness (QED) is 0.762. The van der Waals surface area contributed by atoms with Crippen LogP contribution in [0.3, 0.4) is 0 Å². The van der Waals surface area contributed by atoms with Gasteiger partial charge in [-0.05, 0) is 39.0 Å². The molecule has 0 bridgehead atoms. The Morgan fingerprint density at radius 2 is 1.92 bits per heavy atom. The first kappa shape index (κ1) is 20.7. The molecule has 9 heteroatoms. The molecule has 1 N–H and O–H groups in total. The molecule has 26 heavy (non-hydrogen) atoms. The van der Waals surface area contributed by atoms with Gasteiger partial charge in [-0.25, -0.2) is 13.6 Å². The topological polar surface area (TPSA) is 58.6 Å². The van der Waals surface area contributed by atoms with Crippen LogP contribution in [0.4, 0.5) is 19.3 Å². The van der Waals surface area contributed by atoms with Gasteiger partial charge in [-0.2, -0.15) is 0 Å². The van der Waals surface area contributed by atoms with Gasteiger partial charge in [0.05, 0.1) is 22.5 Å². The number of carbonyl (C=O) groups excluding carboxylic acids is 2. The summed E-state index contributed by atoms with van der Waals surface area (Å²) < 4.78 is 33.2. The molecule has 0 spiro atoms. The van der Waals surface area contributed by atoms with Crippen LogP contribution in [-0.4, -0.2) is 41.5 Å². The van der Waals surface area contributed by atoms with E-state index >= 15 is 0 Å². The zero-order valence-electron chi connectivity index (χ0n) is 14.6. The lowest BCUT2D eigenvalue weighted by molar-refractivity contribution is -0.131. The first-order chi connectivity index (χ1) is 11.9. The summed E-state index contributed by atoms with van der Waals surface area (Å²) >= 11 is 11.7. The van der Waals surface area contributed by atoms with Gasteiger partial charge in [-0.15, -0.1) is 0 Å². The van der Waals surface area contributed by atoms with Gasteiger partial charge < -0.3 is 15.0 Å². The van der Waals surface area contributed by atoms with Crippen molar-refractivity contribution in [2.75, 3.05) is 18.4 Å². The van der Waals surface area contributed by atoms with E-state index in [9.17, 15) is 18.4 Å². The fourth-order valence-electron chi connectivity index (χ4n) is 2.56. The minimum absolute atomic E-state index is 0.155. The van der Waals surface area contributed by atoms with Crippen LogP contribution in [0.2, 0.25) is 10.0 Å². The Morgan fingerprint density at radius 3 is 2.50 bits per heavy atom. The van der Waals surface area contributed by atoms with E-state index < -0.39 is 42.4 Å². The van der Waals surface area contributed by atoms with E-state index in [1.807, 2.05) is 0 Å². The molecule has 5 nitrogen and oxygen atoms in total. The average Bonchev–Trinajstić information content (AvgIpc) is 2.47. The Morgan fingerprint density at radius 1 is 1.27 bits per heavy atom. The molecule has 2 amide bonds. The summed E-state index contributed by atoms with van der Waals surface area (Å²) in [6, 6.07) is 4.43. The van der Waals surface area contributed by atoms with Crippen molar-refractivity contribution < 1.29 is 23.1 Å². The van der Waals surface area contributed by atoms with Crippen molar-refractivity contribution in [1.82, 2.24) is 4.90 Å². The van der Waals surface area contributed by atoms with Gasteiger partial charge in [-0.3, -0.25) is 4.79 Å². The smallest absolute Gasteiger partial charge is 0.410 e. The number of carbonyl (C=O) groups is 2. The van der Waals surface area contributed by atoms with Gasteiger partial charge in [0.15, 0.2) is 0 Å². The fraction of sp³-hybridized carbons (Fsp3) is 0.529. The van der Waals surface area contributed by atoms with E-state index in [1.54, 1.807) is 20.8 Å². The summed E-state index contributed by atoms with van der Waals surface area (Å²) in [5, 5.41) is 3.07. The van der Waals surface area contributed by atoms with Crippen molar-refractivity contribution >= 4 is 40.9 Å². The predicted octanol–water partition coefficient (Wildman–Crippen LogP) is 4.82. The fourth-order valence-corrected chi connectivity index (χ4v) is 2.86. The number of rotatable bonds is 2. The largest absolute Gasteiger partial charge is 0.444 e. The highest BCUT2D eigenvalue weighted by atomic mass is 35.5. The number of alkyl halides is 2. The Labute approximate surface area is 160 Å². The molecule has 1 heterocycles. The van der Waals surface area contributed by atoms with E-state index in [0.29, 0.717) is 10.7 Å². The molecule has 1 fully saturated rings. The summed E-state index contributed by atoms with van der Waals surface area (Å²) in [5.74, 6) is -4.90. The van der Waals surface area contributed by atoms with Gasteiger partial charge in [-0.1, -0.05) is 23.2 Å². The van der Waals surface area contributed by atoms with Crippen molar-refractivity contribution in [3.8, 4) is 0 Å². The second-order valence-corrected chi connectivity index (χ2v) is 8.05. The highest BCUT2D eigenvalue weighted by molar-refractivity contribution is 6.42. The van der Waals surface area contributed by atoms with E-state index in [4.69, 9.17) is 27.9 Å². The number of hydrogen-bond donors (Lipinski definition) is 1. The maximum absolute atomic E-state index is 14.0. The lowest BCUT2D eigenvalue weighted by Gasteiger charge is -2.37. The van der Waals surface area contributed by atoms with Crippen molar-refractivity contribution in [2.24, 2.45) is 5.92 Å². The van der Waals surface area contributed by atoms with E-state index in [0.717, 1.165) is 4.90 Å². The van der Waals surface area contributed by atoms with Crippen LogP contribution in [0.5, 0.6) is 0 Å². The molecule has 0 aliphatic carbocycles. The number of amides is 2. The van der Waals surface area contributed by atoms with Crippen LogP contribution in [0.25, 0.3) is 0 Å². The number of hydrogen-bond acceptors (Lipinski definition) is 3. The third-order valence-corrected chi connectivity index (χ3v) is 4.36. The van der Waals surface area contributed by atoms with Gasteiger partial charge >= 0.3 is 6.09 Å². The molecule has 0 radical (unpaired) electrons. The van der Waals surface area contributed by atoms with E-state index in [2.05, 4.69) is 5.32 Å². The lowest BCUT2D eigenvalue weighted by atomic mass is 9.94. The minimum atomic E-state index is -3.19. The zero-order valence-corrected chi connectivity index (χ0v) is 16.1. The Balaban J connectivity index is 2.10. The first-order valence-electron chi connectivity index (χ1n) is 7.98. The third kappa shape index (κ3) is 5.71. The highest BCUT2D eigenvalue weighted by Gasteiger charge is 2.45. The number of ether oxygens (including phenoxy) is 1. The first-order valence-corrected chi connectivity index (χ1v) is 8.73. The molecular weight excluding hydrogens is 389 g/mol. The molecule has 1 aromatic rings. The van der Waals surface area contributed by atoms with Crippen LogP contribution in [0, 0.1) is 5.92 Å². The number of nitrogens with one attached hydrogen (secondary N) is 1. The van der Waals surface area contributed by atoms with E-state index in [-0.39, 0.29) is 11.6 Å². The SMILES string of the molecule is CC(C)(C)OC(=O)N1CC(C(=O)Nc2ccc(Cl)c(Cl)c2)CC(F)(F)C1. The molecule has 144 valence electrons. The third-order valence-electron chi connectivity index (χ3n) is 3.62. The number of anilines is 1. The van der Waals surface area contributed by atoms with Crippen molar-refractivity contribution in [1.29, 1.82) is 0 Å². The Bertz CT molecular complexity index is 708. The molecule has 1 aliphatic rings. The molecule has 1 saturated heterocycles. The molecule has 1 aliphatic heterocycles. The van der Waals surface area contributed by atoms with Crippen LogP contribution < -0.4 is 5.32 Å². The van der Waals surface area contributed by atoms with Crippen LogP contribution in [0.15, 0.2) is 18.2 Å². The average molecular weight is 409 g/mol. The number of benzene rings is 1. The standard InChI is InChI=1S/C17H20Cl2F2N2O3/c1-16(2,3)26-15(25)23-8-10(7-17(20,21)9-23)14(24)22-11-4-5-12(18)13(19)6-11/h4-6,10H,7-9H2,1-3H3,(H,22,24). The maximum Gasteiger partial charge on any atom is 0.410 e. The van der Waals surface area contributed by atoms with E-state index in [1.165, 1.54) is 18.2 Å². The molecule has 0 saturated carbocycles. The molecule has 2 rings (SSSR count). The van der Waals surface area contributed by atoms with Crippen LogP contribution in [0.1, 0.15) is 27.2 Å². The molecule has 1 unspecified atom stereocenters.